The topological polar surface area (TPSA) is 191 Å². The standard InChI is InChI=1S/C31H45N5O10/c1-22-4-6-25(7-5-22)35-31(42)24(3)34-30(41)23(2)33-27(38)11-14-43-16-18-45-20-21-46-19-17-44-15-12-32-26(37)10-13-36-28(39)8-9-29(36)40/h4-9,23-24H,10-21H2,1-3H3,(H,32,37)(H,33,38)(H,34,41)(H,35,42)/t23-,24-/m0/s1. The summed E-state index contributed by atoms with van der Waals surface area (Å²) in [5.41, 5.74) is 1.69. The van der Waals surface area contributed by atoms with E-state index in [-0.39, 0.29) is 50.3 Å². The largest absolute Gasteiger partial charge is 0.379 e. The maximum absolute atomic E-state index is 12.4. The highest BCUT2D eigenvalue weighted by molar-refractivity contribution is 6.13. The van der Waals surface area contributed by atoms with Crippen LogP contribution in [0.15, 0.2) is 36.4 Å². The van der Waals surface area contributed by atoms with Crippen LogP contribution in [0.2, 0.25) is 0 Å². The molecule has 0 unspecified atom stereocenters. The van der Waals surface area contributed by atoms with Crippen LogP contribution in [0.1, 0.15) is 32.3 Å². The van der Waals surface area contributed by atoms with Crippen LogP contribution >= 0.6 is 0 Å². The monoisotopic (exact) mass is 647 g/mol. The number of hydrogen-bond acceptors (Lipinski definition) is 10. The van der Waals surface area contributed by atoms with Gasteiger partial charge in [-0.25, -0.2) is 0 Å². The third-order valence-electron chi connectivity index (χ3n) is 6.46. The van der Waals surface area contributed by atoms with E-state index in [2.05, 4.69) is 21.3 Å². The van der Waals surface area contributed by atoms with Gasteiger partial charge in [-0.2, -0.15) is 0 Å². The predicted molar refractivity (Wildman–Crippen MR) is 166 cm³/mol. The van der Waals surface area contributed by atoms with Gasteiger partial charge in [-0.1, -0.05) is 17.7 Å². The maximum Gasteiger partial charge on any atom is 0.253 e. The Bertz CT molecular complexity index is 1170. The molecule has 6 amide bonds. The van der Waals surface area contributed by atoms with Crippen LogP contribution in [-0.2, 0) is 47.7 Å². The number of ether oxygens (including phenoxy) is 4. The molecule has 0 aromatic heterocycles. The second kappa shape index (κ2) is 21.5. The van der Waals surface area contributed by atoms with E-state index in [1.165, 1.54) is 19.1 Å². The van der Waals surface area contributed by atoms with Crippen LogP contribution in [0.4, 0.5) is 5.69 Å². The van der Waals surface area contributed by atoms with E-state index >= 15 is 0 Å². The Morgan fingerprint density at radius 1 is 0.674 bits per heavy atom. The van der Waals surface area contributed by atoms with Gasteiger partial charge in [0.25, 0.3) is 11.8 Å². The lowest BCUT2D eigenvalue weighted by Gasteiger charge is -2.18. The molecule has 0 aliphatic carbocycles. The quantitative estimate of drug-likeness (QED) is 0.0917. The van der Waals surface area contributed by atoms with E-state index in [9.17, 15) is 28.8 Å². The van der Waals surface area contributed by atoms with E-state index in [0.29, 0.717) is 51.9 Å². The van der Waals surface area contributed by atoms with Gasteiger partial charge in [0.2, 0.25) is 23.6 Å². The van der Waals surface area contributed by atoms with Gasteiger partial charge in [0.05, 0.1) is 52.9 Å². The van der Waals surface area contributed by atoms with Crippen molar-refractivity contribution in [2.45, 2.75) is 45.7 Å². The van der Waals surface area contributed by atoms with E-state index in [4.69, 9.17) is 18.9 Å². The number of aryl methyl sites for hydroxylation is 1. The molecule has 1 aromatic rings. The number of nitrogens with zero attached hydrogens (tertiary/aromatic N) is 1. The summed E-state index contributed by atoms with van der Waals surface area (Å²) in [5, 5.41) is 10.6. The average Bonchev–Trinajstić information content (AvgIpc) is 3.35. The van der Waals surface area contributed by atoms with Crippen molar-refractivity contribution in [3.63, 3.8) is 0 Å². The van der Waals surface area contributed by atoms with Crippen LogP contribution in [0.25, 0.3) is 0 Å². The summed E-state index contributed by atoms with van der Waals surface area (Å²) in [6.07, 6.45) is 2.45. The molecule has 15 heteroatoms. The molecule has 0 fully saturated rings. The van der Waals surface area contributed by atoms with Crippen molar-refractivity contribution >= 4 is 41.1 Å². The van der Waals surface area contributed by atoms with Crippen LogP contribution in [0.5, 0.6) is 0 Å². The molecule has 4 N–H and O–H groups in total. The number of nitrogens with one attached hydrogen (secondary N) is 4. The smallest absolute Gasteiger partial charge is 0.253 e. The van der Waals surface area contributed by atoms with Gasteiger partial charge >= 0.3 is 0 Å². The van der Waals surface area contributed by atoms with E-state index in [1.54, 1.807) is 19.1 Å². The highest BCUT2D eigenvalue weighted by atomic mass is 16.6. The zero-order valence-electron chi connectivity index (χ0n) is 26.6. The first-order valence-corrected chi connectivity index (χ1v) is 15.1. The Balaban J connectivity index is 1.36. The lowest BCUT2D eigenvalue weighted by molar-refractivity contribution is -0.137. The molecule has 0 bridgehead atoms. The van der Waals surface area contributed by atoms with E-state index in [0.717, 1.165) is 10.5 Å². The molecule has 1 aliphatic rings. The maximum atomic E-state index is 12.4. The average molecular weight is 648 g/mol. The van der Waals surface area contributed by atoms with Crippen LogP contribution in [0, 0.1) is 6.92 Å². The Kier molecular flexibility index (Phi) is 17.8. The van der Waals surface area contributed by atoms with Crippen molar-refractivity contribution in [1.82, 2.24) is 20.9 Å². The first kappa shape index (κ1) is 38.0. The Labute approximate surface area is 268 Å². The zero-order chi connectivity index (χ0) is 33.7. The molecule has 0 spiro atoms. The number of rotatable bonds is 23. The number of carbonyl (C=O) groups excluding carboxylic acids is 6. The summed E-state index contributed by atoms with van der Waals surface area (Å²) in [6, 6.07) is 5.67. The van der Waals surface area contributed by atoms with Crippen molar-refractivity contribution in [2.24, 2.45) is 0 Å². The molecule has 1 aromatic carbocycles. The molecule has 0 saturated carbocycles. The Morgan fingerprint density at radius 2 is 1.20 bits per heavy atom. The van der Waals surface area contributed by atoms with Gasteiger partial charge in [0.15, 0.2) is 0 Å². The molecule has 0 radical (unpaired) electrons. The highest BCUT2D eigenvalue weighted by Crippen LogP contribution is 2.09. The molecule has 2 rings (SSSR count). The van der Waals surface area contributed by atoms with Crippen molar-refractivity contribution in [3.05, 3.63) is 42.0 Å². The number of amides is 6. The van der Waals surface area contributed by atoms with Gasteiger partial charge in [-0.15, -0.1) is 0 Å². The van der Waals surface area contributed by atoms with Gasteiger partial charge in [0.1, 0.15) is 12.1 Å². The van der Waals surface area contributed by atoms with Crippen LogP contribution in [0.3, 0.4) is 0 Å². The molecule has 15 nitrogen and oxygen atoms in total. The lowest BCUT2D eigenvalue weighted by Crippen LogP contribution is -2.50. The van der Waals surface area contributed by atoms with Gasteiger partial charge in [-0.05, 0) is 32.9 Å². The third kappa shape index (κ3) is 15.7. The Hall–Kier alpha value is -4.18. The summed E-state index contributed by atoms with van der Waals surface area (Å²) in [5.74, 6) is -2.31. The summed E-state index contributed by atoms with van der Waals surface area (Å²) in [6.45, 7) is 7.84. The lowest BCUT2D eigenvalue weighted by atomic mass is 10.2. The van der Waals surface area contributed by atoms with Gasteiger partial charge in [0, 0.05) is 43.8 Å². The first-order chi connectivity index (χ1) is 22.1. The molecule has 1 aliphatic heterocycles. The van der Waals surface area contributed by atoms with Gasteiger partial charge < -0.3 is 40.2 Å². The number of benzene rings is 1. The highest BCUT2D eigenvalue weighted by Gasteiger charge is 2.23. The molecular weight excluding hydrogens is 602 g/mol. The summed E-state index contributed by atoms with van der Waals surface area (Å²) >= 11 is 0. The predicted octanol–water partition coefficient (Wildman–Crippen LogP) is -0.169. The minimum atomic E-state index is -0.826. The van der Waals surface area contributed by atoms with Crippen LogP contribution in [-0.4, -0.2) is 118 Å². The van der Waals surface area contributed by atoms with Crippen molar-refractivity contribution in [2.75, 3.05) is 71.3 Å². The fourth-order valence-corrected chi connectivity index (χ4v) is 3.81. The second-order valence-corrected chi connectivity index (χ2v) is 10.3. The minimum absolute atomic E-state index is 0.0288. The number of anilines is 1. The summed E-state index contributed by atoms with van der Waals surface area (Å²) < 4.78 is 21.6. The minimum Gasteiger partial charge on any atom is -0.379 e. The molecule has 46 heavy (non-hydrogen) atoms. The van der Waals surface area contributed by atoms with Crippen molar-refractivity contribution in [1.29, 1.82) is 0 Å². The Morgan fingerprint density at radius 3 is 1.78 bits per heavy atom. The second-order valence-electron chi connectivity index (χ2n) is 10.3. The number of carbonyl (C=O) groups is 6. The molecular formula is C31H45N5O10. The first-order valence-electron chi connectivity index (χ1n) is 15.1. The third-order valence-corrected chi connectivity index (χ3v) is 6.46. The summed E-state index contributed by atoms with van der Waals surface area (Å²) in [7, 11) is 0. The van der Waals surface area contributed by atoms with Crippen molar-refractivity contribution < 1.29 is 47.7 Å². The molecule has 2 atom stereocenters. The van der Waals surface area contributed by atoms with Crippen LogP contribution < -0.4 is 21.3 Å². The molecule has 0 saturated heterocycles. The fourth-order valence-electron chi connectivity index (χ4n) is 3.81. The van der Waals surface area contributed by atoms with Crippen molar-refractivity contribution in [3.8, 4) is 0 Å². The van der Waals surface area contributed by atoms with E-state index in [1.807, 2.05) is 19.1 Å². The number of imide groups is 1. The zero-order valence-corrected chi connectivity index (χ0v) is 26.6. The molecule has 254 valence electrons. The summed E-state index contributed by atoms with van der Waals surface area (Å²) in [4.78, 5) is 72.5. The van der Waals surface area contributed by atoms with E-state index < -0.39 is 29.8 Å². The SMILES string of the molecule is Cc1ccc(NC(=O)[C@H](C)NC(=O)[C@H](C)NC(=O)CCOCCOCCOCCOCCNC(=O)CCN2C(=O)C=CC2=O)cc1. The number of hydrogen-bond donors (Lipinski definition) is 4. The molecule has 1 heterocycles. The van der Waals surface area contributed by atoms with Gasteiger partial charge in [-0.3, -0.25) is 33.7 Å². The normalized spacial score (nSPS) is 13.8. The fraction of sp³-hybridized carbons (Fsp3) is 0.548.